The minimum absolute atomic E-state index is 0.205. The van der Waals surface area contributed by atoms with Crippen molar-refractivity contribution in [3.63, 3.8) is 0 Å². The van der Waals surface area contributed by atoms with Crippen LogP contribution in [0.25, 0.3) is 0 Å². The Bertz CT molecular complexity index is 812. The first kappa shape index (κ1) is 15.8. The van der Waals surface area contributed by atoms with Crippen LogP contribution in [0.15, 0.2) is 29.3 Å². The molecule has 2 rings (SSSR count). The number of hydrogen-bond donors (Lipinski definition) is 2. The lowest BCUT2D eigenvalue weighted by Gasteiger charge is -2.11. The SMILES string of the molecule is Cc1cc(NS(=O)(=O)c2cc(N)c(F)cc2Cl)cnc1Cl. The summed E-state index contributed by atoms with van der Waals surface area (Å²) in [6.07, 6.45) is 1.26. The van der Waals surface area contributed by atoms with E-state index in [0.717, 1.165) is 12.1 Å². The Morgan fingerprint density at radius 2 is 1.95 bits per heavy atom. The van der Waals surface area contributed by atoms with Crippen LogP contribution in [0.2, 0.25) is 10.2 Å². The maximum absolute atomic E-state index is 13.2. The number of nitrogens with two attached hydrogens (primary N) is 1. The highest BCUT2D eigenvalue weighted by atomic mass is 35.5. The Hall–Kier alpha value is -1.57. The number of hydrogen-bond acceptors (Lipinski definition) is 4. The molecule has 1 heterocycles. The highest BCUT2D eigenvalue weighted by Gasteiger charge is 2.20. The van der Waals surface area contributed by atoms with Crippen molar-refractivity contribution in [3.8, 4) is 0 Å². The number of halogens is 3. The van der Waals surface area contributed by atoms with Crippen LogP contribution in [0.3, 0.4) is 0 Å². The fourth-order valence-corrected chi connectivity index (χ4v) is 3.26. The van der Waals surface area contributed by atoms with Crippen molar-refractivity contribution >= 4 is 44.6 Å². The Balaban J connectivity index is 2.43. The van der Waals surface area contributed by atoms with Gasteiger partial charge in [-0.15, -0.1) is 0 Å². The van der Waals surface area contributed by atoms with Crippen LogP contribution in [-0.4, -0.2) is 13.4 Å². The number of nitrogens with one attached hydrogen (secondary N) is 1. The number of sulfonamides is 1. The first-order valence-corrected chi connectivity index (χ1v) is 7.84. The maximum Gasteiger partial charge on any atom is 0.263 e. The van der Waals surface area contributed by atoms with Gasteiger partial charge in [-0.1, -0.05) is 23.2 Å². The molecule has 0 aliphatic carbocycles. The van der Waals surface area contributed by atoms with Gasteiger partial charge in [0.25, 0.3) is 10.0 Å². The molecule has 0 unspecified atom stereocenters. The van der Waals surface area contributed by atoms with E-state index in [1.54, 1.807) is 6.92 Å². The summed E-state index contributed by atoms with van der Waals surface area (Å²) in [7, 11) is -4.02. The van der Waals surface area contributed by atoms with Gasteiger partial charge in [0.05, 0.1) is 22.6 Å². The molecular formula is C12H10Cl2FN3O2S. The molecule has 3 N–H and O–H groups in total. The molecule has 5 nitrogen and oxygen atoms in total. The van der Waals surface area contributed by atoms with Crippen molar-refractivity contribution in [2.24, 2.45) is 0 Å². The first-order valence-electron chi connectivity index (χ1n) is 5.60. The Morgan fingerprint density at radius 3 is 2.57 bits per heavy atom. The molecule has 21 heavy (non-hydrogen) atoms. The van der Waals surface area contributed by atoms with E-state index in [2.05, 4.69) is 9.71 Å². The van der Waals surface area contributed by atoms with E-state index >= 15 is 0 Å². The second kappa shape index (κ2) is 5.67. The van der Waals surface area contributed by atoms with Gasteiger partial charge in [-0.2, -0.15) is 0 Å². The normalized spacial score (nSPS) is 11.4. The third-order valence-electron chi connectivity index (χ3n) is 2.61. The number of benzene rings is 1. The Kier molecular flexibility index (Phi) is 4.27. The zero-order chi connectivity index (χ0) is 15.8. The van der Waals surface area contributed by atoms with Gasteiger partial charge in [-0.05, 0) is 30.7 Å². The summed E-state index contributed by atoms with van der Waals surface area (Å²) < 4.78 is 40.0. The van der Waals surface area contributed by atoms with Gasteiger partial charge in [0.1, 0.15) is 15.9 Å². The smallest absolute Gasteiger partial charge is 0.263 e. The lowest BCUT2D eigenvalue weighted by molar-refractivity contribution is 0.600. The molecule has 1 aromatic heterocycles. The molecular weight excluding hydrogens is 340 g/mol. The lowest BCUT2D eigenvalue weighted by Crippen LogP contribution is -2.14. The number of pyridine rings is 1. The third-order valence-corrected chi connectivity index (χ3v) is 4.85. The second-order valence-corrected chi connectivity index (χ2v) is 6.66. The van der Waals surface area contributed by atoms with Crippen LogP contribution >= 0.6 is 23.2 Å². The highest BCUT2D eigenvalue weighted by Crippen LogP contribution is 2.28. The molecule has 2 aromatic rings. The predicted octanol–water partition coefficient (Wildman–Crippen LogP) is 3.22. The van der Waals surface area contributed by atoms with Crippen LogP contribution in [0, 0.1) is 12.7 Å². The largest absolute Gasteiger partial charge is 0.396 e. The number of rotatable bonds is 3. The van der Waals surface area contributed by atoms with E-state index in [0.29, 0.717) is 5.56 Å². The summed E-state index contributed by atoms with van der Waals surface area (Å²) in [5.74, 6) is -0.789. The number of nitrogens with zero attached hydrogens (tertiary/aromatic N) is 1. The zero-order valence-corrected chi connectivity index (χ0v) is 13.0. The van der Waals surface area contributed by atoms with E-state index in [1.807, 2.05) is 0 Å². The number of aryl methyl sites for hydroxylation is 1. The summed E-state index contributed by atoms with van der Waals surface area (Å²) in [4.78, 5) is 3.51. The van der Waals surface area contributed by atoms with Gasteiger partial charge < -0.3 is 5.73 Å². The number of nitrogen functional groups attached to an aromatic ring is 1. The molecule has 0 amide bonds. The molecule has 0 bridgehead atoms. The van der Waals surface area contributed by atoms with Gasteiger partial charge in [0, 0.05) is 0 Å². The van der Waals surface area contributed by atoms with Gasteiger partial charge >= 0.3 is 0 Å². The predicted molar refractivity (Wildman–Crippen MR) is 80.6 cm³/mol. The molecule has 0 atom stereocenters. The standard InChI is InChI=1S/C12H10Cl2FN3O2S/c1-6-2-7(5-17-12(6)14)18-21(19,20)11-4-10(16)9(15)3-8(11)13/h2-5,18H,16H2,1H3. The fraction of sp³-hybridized carbons (Fsp3) is 0.0833. The van der Waals surface area contributed by atoms with Gasteiger partial charge in [-0.25, -0.2) is 17.8 Å². The lowest BCUT2D eigenvalue weighted by atomic mass is 10.3. The topological polar surface area (TPSA) is 85.1 Å². The van der Waals surface area contributed by atoms with Crippen LogP contribution in [0.4, 0.5) is 15.8 Å². The van der Waals surface area contributed by atoms with E-state index in [4.69, 9.17) is 28.9 Å². The molecule has 0 spiro atoms. The minimum Gasteiger partial charge on any atom is -0.396 e. The van der Waals surface area contributed by atoms with E-state index in [1.165, 1.54) is 12.3 Å². The average molecular weight is 350 g/mol. The highest BCUT2D eigenvalue weighted by molar-refractivity contribution is 7.92. The molecule has 0 aliphatic rings. The number of aromatic nitrogens is 1. The van der Waals surface area contributed by atoms with E-state index in [9.17, 15) is 12.8 Å². The van der Waals surface area contributed by atoms with Crippen molar-refractivity contribution in [2.45, 2.75) is 11.8 Å². The molecule has 0 radical (unpaired) electrons. The van der Waals surface area contributed by atoms with E-state index in [-0.39, 0.29) is 26.4 Å². The van der Waals surface area contributed by atoms with Crippen LogP contribution in [-0.2, 0) is 10.0 Å². The summed E-state index contributed by atoms with van der Waals surface area (Å²) in [6.45, 7) is 1.68. The maximum atomic E-state index is 13.2. The zero-order valence-electron chi connectivity index (χ0n) is 10.7. The minimum atomic E-state index is -4.02. The molecule has 0 aliphatic heterocycles. The molecule has 0 fully saturated rings. The summed E-state index contributed by atoms with van der Waals surface area (Å²) in [5.41, 5.74) is 5.86. The average Bonchev–Trinajstić information content (AvgIpc) is 2.37. The number of anilines is 2. The second-order valence-electron chi connectivity index (χ2n) is 4.24. The van der Waals surface area contributed by atoms with Gasteiger partial charge in [0.15, 0.2) is 0 Å². The molecule has 0 saturated heterocycles. The van der Waals surface area contributed by atoms with Crippen molar-refractivity contribution in [2.75, 3.05) is 10.5 Å². The van der Waals surface area contributed by atoms with Gasteiger partial charge in [0.2, 0.25) is 0 Å². The molecule has 9 heteroatoms. The van der Waals surface area contributed by atoms with Gasteiger partial charge in [-0.3, -0.25) is 4.72 Å². The van der Waals surface area contributed by atoms with Crippen LogP contribution in [0.5, 0.6) is 0 Å². The van der Waals surface area contributed by atoms with Crippen molar-refractivity contribution in [1.29, 1.82) is 0 Å². The summed E-state index contributed by atoms with van der Waals surface area (Å²) in [5, 5.41) is -0.00477. The molecule has 112 valence electrons. The summed E-state index contributed by atoms with van der Waals surface area (Å²) >= 11 is 11.5. The third kappa shape index (κ3) is 3.37. The monoisotopic (exact) mass is 349 g/mol. The van der Waals surface area contributed by atoms with E-state index < -0.39 is 15.8 Å². The first-order chi connectivity index (χ1) is 9.70. The van der Waals surface area contributed by atoms with Crippen LogP contribution < -0.4 is 10.5 Å². The van der Waals surface area contributed by atoms with Crippen molar-refractivity contribution in [3.05, 3.63) is 46.0 Å². The Morgan fingerprint density at radius 1 is 1.29 bits per heavy atom. The Labute approximate surface area is 130 Å². The van der Waals surface area contributed by atoms with Crippen LogP contribution in [0.1, 0.15) is 5.56 Å². The molecule has 0 saturated carbocycles. The molecule has 1 aromatic carbocycles. The van der Waals surface area contributed by atoms with Crippen molar-refractivity contribution in [1.82, 2.24) is 4.98 Å². The summed E-state index contributed by atoms with van der Waals surface area (Å²) in [6, 6.07) is 3.31. The quantitative estimate of drug-likeness (QED) is 0.658. The fourth-order valence-electron chi connectivity index (χ4n) is 1.57. The van der Waals surface area contributed by atoms with Crippen molar-refractivity contribution < 1.29 is 12.8 Å².